The van der Waals surface area contributed by atoms with Crippen LogP contribution in [0.3, 0.4) is 0 Å². The highest BCUT2D eigenvalue weighted by Crippen LogP contribution is 2.13. The maximum absolute atomic E-state index is 9.72. The van der Waals surface area contributed by atoms with E-state index in [2.05, 4.69) is 31.2 Å². The van der Waals surface area contributed by atoms with Gasteiger partial charge >= 0.3 is 0 Å². The van der Waals surface area contributed by atoms with Crippen molar-refractivity contribution in [2.75, 3.05) is 20.3 Å². The first-order valence-electron chi connectivity index (χ1n) is 6.69. The quantitative estimate of drug-likeness (QED) is 0.524. The van der Waals surface area contributed by atoms with Crippen LogP contribution in [0.2, 0.25) is 0 Å². The van der Waals surface area contributed by atoms with E-state index < -0.39 is 6.10 Å². The molecule has 0 saturated carbocycles. The van der Waals surface area contributed by atoms with Crippen molar-refractivity contribution in [3.63, 3.8) is 0 Å². The summed E-state index contributed by atoms with van der Waals surface area (Å²) in [5, 5.41) is 16.9. The highest BCUT2D eigenvalue weighted by molar-refractivity contribution is 5.82. The largest absolute Gasteiger partial charge is 0.393 e. The summed E-state index contributed by atoms with van der Waals surface area (Å²) in [6.45, 7) is 12.7. The number of β-amino-alcohol motifs (C(OH)–C–C–N with tert-alkyl or cyclic N) is 1. The van der Waals surface area contributed by atoms with E-state index in [-0.39, 0.29) is 17.7 Å². The van der Waals surface area contributed by atoms with Gasteiger partial charge in [-0.25, -0.2) is 0 Å². The zero-order chi connectivity index (χ0) is 15.1. The monoisotopic (exact) mass is 274 g/mol. The summed E-state index contributed by atoms with van der Waals surface area (Å²) < 4.78 is 5.32. The highest BCUT2D eigenvalue weighted by Gasteiger charge is 2.18. The van der Waals surface area contributed by atoms with Crippen molar-refractivity contribution in [2.24, 2.45) is 5.16 Å². The molecule has 5 heteroatoms. The molecule has 5 nitrogen and oxygen atoms in total. The first-order valence-corrected chi connectivity index (χ1v) is 6.69. The van der Waals surface area contributed by atoms with Crippen molar-refractivity contribution >= 4 is 5.71 Å². The Balaban J connectivity index is 3.94. The fourth-order valence-corrected chi connectivity index (χ4v) is 1.44. The molecule has 0 fully saturated rings. The molecule has 0 aromatic carbocycles. The minimum atomic E-state index is -0.564. The first kappa shape index (κ1) is 18.4. The first-order chi connectivity index (χ1) is 8.56. The summed E-state index contributed by atoms with van der Waals surface area (Å²) in [6.07, 6.45) is 0.131. The lowest BCUT2D eigenvalue weighted by Gasteiger charge is -2.23. The van der Waals surface area contributed by atoms with Crippen LogP contribution in [-0.2, 0) is 9.57 Å². The van der Waals surface area contributed by atoms with Crippen molar-refractivity contribution in [1.29, 1.82) is 0 Å². The fourth-order valence-electron chi connectivity index (χ4n) is 1.44. The van der Waals surface area contributed by atoms with Gasteiger partial charge in [0.2, 0.25) is 0 Å². The molecule has 0 aliphatic carbocycles. The van der Waals surface area contributed by atoms with Gasteiger partial charge in [0.05, 0.1) is 11.3 Å². The molecule has 0 aliphatic heterocycles. The Morgan fingerprint density at radius 2 is 1.84 bits per heavy atom. The van der Waals surface area contributed by atoms with Crippen LogP contribution in [0.15, 0.2) is 5.16 Å². The van der Waals surface area contributed by atoms with Crippen molar-refractivity contribution in [2.45, 2.75) is 65.2 Å². The van der Waals surface area contributed by atoms with E-state index in [1.807, 2.05) is 20.8 Å². The Labute approximate surface area is 117 Å². The van der Waals surface area contributed by atoms with Crippen molar-refractivity contribution in [3.8, 4) is 0 Å². The standard InChI is InChI=1S/C14H30N2O3/c1-11(8-14(5,6)18-7)16-19-10-12(17)9-15-13(2,3)4/h12,15,17H,8-10H2,1-7H3/b16-11+. The molecule has 1 atom stereocenters. The lowest BCUT2D eigenvalue weighted by Crippen LogP contribution is -2.42. The summed E-state index contributed by atoms with van der Waals surface area (Å²) in [6, 6.07) is 0. The van der Waals surface area contributed by atoms with Crippen molar-refractivity contribution in [1.82, 2.24) is 5.32 Å². The van der Waals surface area contributed by atoms with E-state index in [4.69, 9.17) is 9.57 Å². The zero-order valence-corrected chi connectivity index (χ0v) is 13.4. The third-order valence-corrected chi connectivity index (χ3v) is 2.59. The average molecular weight is 274 g/mol. The molecule has 0 heterocycles. The molecule has 0 aromatic heterocycles. The number of hydrogen-bond donors (Lipinski definition) is 2. The lowest BCUT2D eigenvalue weighted by atomic mass is 10.0. The minimum absolute atomic E-state index is 0.0113. The normalized spacial score (nSPS) is 15.5. The second-order valence-electron chi connectivity index (χ2n) is 6.55. The number of oxime groups is 1. The van der Waals surface area contributed by atoms with E-state index in [9.17, 15) is 5.11 Å². The van der Waals surface area contributed by atoms with Gasteiger partial charge in [-0.1, -0.05) is 5.16 Å². The second kappa shape index (κ2) is 7.82. The highest BCUT2D eigenvalue weighted by atomic mass is 16.6. The van der Waals surface area contributed by atoms with Crippen LogP contribution in [0.1, 0.15) is 48.0 Å². The fraction of sp³-hybridized carbons (Fsp3) is 0.929. The number of aliphatic hydroxyl groups excluding tert-OH is 1. The number of nitrogens with zero attached hydrogens (tertiary/aromatic N) is 1. The molecular formula is C14H30N2O3. The maximum Gasteiger partial charge on any atom is 0.144 e. The summed E-state index contributed by atoms with van der Waals surface area (Å²) in [5.41, 5.74) is 0.592. The minimum Gasteiger partial charge on any atom is -0.393 e. The molecule has 0 aromatic rings. The number of methoxy groups -OCH3 is 1. The Bertz CT molecular complexity index is 283. The summed E-state index contributed by atoms with van der Waals surface area (Å²) in [5.74, 6) is 0. The van der Waals surface area contributed by atoms with Crippen LogP contribution in [0.5, 0.6) is 0 Å². The predicted molar refractivity (Wildman–Crippen MR) is 78.5 cm³/mol. The van der Waals surface area contributed by atoms with Gasteiger partial charge in [-0.3, -0.25) is 0 Å². The van der Waals surface area contributed by atoms with Crippen LogP contribution in [0, 0.1) is 0 Å². The molecule has 0 spiro atoms. The molecule has 0 aliphatic rings. The Kier molecular flexibility index (Phi) is 7.55. The SMILES string of the molecule is COC(C)(C)C/C(C)=N/OCC(O)CNC(C)(C)C. The molecule has 114 valence electrons. The molecular weight excluding hydrogens is 244 g/mol. The number of rotatable bonds is 8. The van der Waals surface area contributed by atoms with Gasteiger partial charge in [0.15, 0.2) is 0 Å². The predicted octanol–water partition coefficient (Wildman–Crippen LogP) is 1.94. The topological polar surface area (TPSA) is 63.1 Å². The van der Waals surface area contributed by atoms with E-state index >= 15 is 0 Å². The Hall–Kier alpha value is -0.650. The van der Waals surface area contributed by atoms with Gasteiger partial charge in [-0.2, -0.15) is 0 Å². The molecule has 0 bridgehead atoms. The van der Waals surface area contributed by atoms with Crippen LogP contribution >= 0.6 is 0 Å². The molecule has 0 radical (unpaired) electrons. The van der Waals surface area contributed by atoms with Crippen LogP contribution in [0.25, 0.3) is 0 Å². The van der Waals surface area contributed by atoms with Crippen molar-refractivity contribution < 1.29 is 14.7 Å². The van der Waals surface area contributed by atoms with Gasteiger partial charge in [-0.15, -0.1) is 0 Å². The number of aliphatic hydroxyl groups is 1. The van der Waals surface area contributed by atoms with Gasteiger partial charge in [0.25, 0.3) is 0 Å². The summed E-state index contributed by atoms with van der Waals surface area (Å²) in [7, 11) is 1.68. The van der Waals surface area contributed by atoms with E-state index in [0.717, 1.165) is 5.71 Å². The molecule has 0 amide bonds. The summed E-state index contributed by atoms with van der Waals surface area (Å²) >= 11 is 0. The third-order valence-electron chi connectivity index (χ3n) is 2.59. The van der Waals surface area contributed by atoms with Gasteiger partial charge < -0.3 is 20.0 Å². The van der Waals surface area contributed by atoms with Crippen LogP contribution in [0.4, 0.5) is 0 Å². The van der Waals surface area contributed by atoms with Gasteiger partial charge in [0, 0.05) is 25.6 Å². The molecule has 1 unspecified atom stereocenters. The molecule has 19 heavy (non-hydrogen) atoms. The Morgan fingerprint density at radius 3 is 2.32 bits per heavy atom. The maximum atomic E-state index is 9.72. The van der Waals surface area contributed by atoms with Crippen molar-refractivity contribution in [3.05, 3.63) is 0 Å². The zero-order valence-electron chi connectivity index (χ0n) is 13.4. The molecule has 0 saturated heterocycles. The smallest absolute Gasteiger partial charge is 0.144 e. The van der Waals surface area contributed by atoms with Crippen LogP contribution < -0.4 is 5.32 Å². The van der Waals surface area contributed by atoms with Gasteiger partial charge in [-0.05, 0) is 41.5 Å². The third kappa shape index (κ3) is 10.9. The molecule has 2 N–H and O–H groups in total. The summed E-state index contributed by atoms with van der Waals surface area (Å²) in [4.78, 5) is 5.16. The Morgan fingerprint density at radius 1 is 1.26 bits per heavy atom. The van der Waals surface area contributed by atoms with E-state index in [0.29, 0.717) is 13.0 Å². The van der Waals surface area contributed by atoms with Gasteiger partial charge in [0.1, 0.15) is 12.7 Å². The lowest BCUT2D eigenvalue weighted by molar-refractivity contribution is 0.0233. The van der Waals surface area contributed by atoms with Crippen LogP contribution in [-0.4, -0.2) is 48.3 Å². The number of ether oxygens (including phenoxy) is 1. The number of hydrogen-bond acceptors (Lipinski definition) is 5. The average Bonchev–Trinajstić information content (AvgIpc) is 2.25. The molecule has 0 rings (SSSR count). The van der Waals surface area contributed by atoms with E-state index in [1.165, 1.54) is 0 Å². The second-order valence-corrected chi connectivity index (χ2v) is 6.55. The number of nitrogens with one attached hydrogen (secondary N) is 1. The van der Waals surface area contributed by atoms with E-state index in [1.54, 1.807) is 7.11 Å².